The summed E-state index contributed by atoms with van der Waals surface area (Å²) >= 11 is 10.00. The highest BCUT2D eigenvalue weighted by Gasteiger charge is 2.24. The largest absolute Gasteiger partial charge is 0.482 e. The SMILES string of the molecule is O=C1COc2ccc(Cl)cc2N1CCS. The lowest BCUT2D eigenvalue weighted by atomic mass is 10.2. The average Bonchev–Trinajstić information content (AvgIpc) is 2.23. The van der Waals surface area contributed by atoms with Crippen LogP contribution in [0.4, 0.5) is 5.69 Å². The molecule has 1 heterocycles. The Bertz CT molecular complexity index is 397. The van der Waals surface area contributed by atoms with Crippen molar-refractivity contribution in [2.45, 2.75) is 0 Å². The fourth-order valence-electron chi connectivity index (χ4n) is 1.52. The first-order valence-corrected chi connectivity index (χ1v) is 5.57. The predicted molar refractivity (Wildman–Crippen MR) is 63.2 cm³/mol. The number of anilines is 1. The molecular weight excluding hydrogens is 234 g/mol. The number of thiol groups is 1. The number of rotatable bonds is 2. The van der Waals surface area contributed by atoms with Crippen LogP contribution in [-0.2, 0) is 4.79 Å². The van der Waals surface area contributed by atoms with Crippen molar-refractivity contribution >= 4 is 35.8 Å². The van der Waals surface area contributed by atoms with Gasteiger partial charge in [0, 0.05) is 17.3 Å². The topological polar surface area (TPSA) is 29.5 Å². The summed E-state index contributed by atoms with van der Waals surface area (Å²) in [5, 5.41) is 0.594. The Balaban J connectivity index is 2.41. The number of hydrogen-bond acceptors (Lipinski definition) is 3. The number of ether oxygens (including phenoxy) is 1. The van der Waals surface area contributed by atoms with Crippen molar-refractivity contribution in [3.05, 3.63) is 23.2 Å². The van der Waals surface area contributed by atoms with E-state index in [1.54, 1.807) is 23.1 Å². The molecule has 0 saturated carbocycles. The Kier molecular flexibility index (Phi) is 3.07. The van der Waals surface area contributed by atoms with E-state index in [1.807, 2.05) is 0 Å². The predicted octanol–water partition coefficient (Wildman–Crippen LogP) is 2.00. The zero-order chi connectivity index (χ0) is 10.8. The standard InChI is InChI=1S/C10H10ClNO2S/c11-7-1-2-9-8(5-7)12(3-4-15)10(13)6-14-9/h1-2,5,15H,3-4,6H2. The van der Waals surface area contributed by atoms with E-state index in [0.717, 1.165) is 5.69 Å². The zero-order valence-corrected chi connectivity index (χ0v) is 9.59. The van der Waals surface area contributed by atoms with Gasteiger partial charge in [-0.3, -0.25) is 4.79 Å². The van der Waals surface area contributed by atoms with Crippen molar-refractivity contribution < 1.29 is 9.53 Å². The molecule has 0 aliphatic carbocycles. The second kappa shape index (κ2) is 4.33. The van der Waals surface area contributed by atoms with Crippen LogP contribution in [0.25, 0.3) is 0 Å². The first kappa shape index (κ1) is 10.6. The zero-order valence-electron chi connectivity index (χ0n) is 7.94. The summed E-state index contributed by atoms with van der Waals surface area (Å²) in [5.74, 6) is 1.25. The van der Waals surface area contributed by atoms with Crippen molar-refractivity contribution in [1.82, 2.24) is 0 Å². The van der Waals surface area contributed by atoms with Gasteiger partial charge in [0.25, 0.3) is 5.91 Å². The van der Waals surface area contributed by atoms with Gasteiger partial charge in [-0.25, -0.2) is 0 Å². The molecule has 2 rings (SSSR count). The maximum Gasteiger partial charge on any atom is 0.265 e. The number of amides is 1. The lowest BCUT2D eigenvalue weighted by Crippen LogP contribution is -2.39. The first-order valence-electron chi connectivity index (χ1n) is 4.56. The minimum Gasteiger partial charge on any atom is -0.482 e. The number of nitrogens with zero attached hydrogens (tertiary/aromatic N) is 1. The molecular formula is C10H10ClNO2S. The van der Waals surface area contributed by atoms with Crippen molar-refractivity contribution in [1.29, 1.82) is 0 Å². The Morgan fingerprint density at radius 3 is 3.07 bits per heavy atom. The highest BCUT2D eigenvalue weighted by molar-refractivity contribution is 7.80. The summed E-state index contributed by atoms with van der Waals surface area (Å²) in [6.07, 6.45) is 0. The second-order valence-corrected chi connectivity index (χ2v) is 4.05. The maximum atomic E-state index is 11.6. The normalized spacial score (nSPS) is 14.8. The van der Waals surface area contributed by atoms with E-state index in [-0.39, 0.29) is 12.5 Å². The molecule has 15 heavy (non-hydrogen) atoms. The Hall–Kier alpha value is -0.870. The molecule has 1 aliphatic rings. The molecule has 0 spiro atoms. The summed E-state index contributed by atoms with van der Waals surface area (Å²) in [4.78, 5) is 13.2. The van der Waals surface area contributed by atoms with E-state index >= 15 is 0 Å². The molecule has 1 aromatic carbocycles. The molecule has 0 bridgehead atoms. The van der Waals surface area contributed by atoms with Crippen molar-refractivity contribution in [2.75, 3.05) is 23.8 Å². The molecule has 0 saturated heterocycles. The monoisotopic (exact) mass is 243 g/mol. The van der Waals surface area contributed by atoms with Crippen LogP contribution in [-0.4, -0.2) is 24.8 Å². The summed E-state index contributed by atoms with van der Waals surface area (Å²) < 4.78 is 5.29. The molecule has 0 N–H and O–H groups in total. The smallest absolute Gasteiger partial charge is 0.265 e. The highest BCUT2D eigenvalue weighted by Crippen LogP contribution is 2.34. The van der Waals surface area contributed by atoms with Gasteiger partial charge in [0.2, 0.25) is 0 Å². The van der Waals surface area contributed by atoms with Gasteiger partial charge in [-0.1, -0.05) is 11.6 Å². The van der Waals surface area contributed by atoms with Crippen molar-refractivity contribution in [3.63, 3.8) is 0 Å². The molecule has 1 aromatic rings. The summed E-state index contributed by atoms with van der Waals surface area (Å²) in [6.45, 7) is 0.654. The van der Waals surface area contributed by atoms with Crippen LogP contribution in [0.5, 0.6) is 5.75 Å². The Labute approximate surface area is 98.4 Å². The molecule has 0 aromatic heterocycles. The van der Waals surface area contributed by atoms with Gasteiger partial charge in [0.05, 0.1) is 5.69 Å². The third-order valence-electron chi connectivity index (χ3n) is 2.19. The lowest BCUT2D eigenvalue weighted by Gasteiger charge is -2.28. The first-order chi connectivity index (χ1) is 7.22. The van der Waals surface area contributed by atoms with Crippen molar-refractivity contribution in [2.24, 2.45) is 0 Å². The van der Waals surface area contributed by atoms with E-state index in [2.05, 4.69) is 12.6 Å². The highest BCUT2D eigenvalue weighted by atomic mass is 35.5. The average molecular weight is 244 g/mol. The summed E-state index contributed by atoms with van der Waals surface area (Å²) in [7, 11) is 0. The fourth-order valence-corrected chi connectivity index (χ4v) is 1.89. The van der Waals surface area contributed by atoms with Gasteiger partial charge in [0.1, 0.15) is 5.75 Å². The van der Waals surface area contributed by atoms with Gasteiger partial charge in [-0.05, 0) is 18.2 Å². The number of carbonyl (C=O) groups excluding carboxylic acids is 1. The van der Waals surface area contributed by atoms with E-state index < -0.39 is 0 Å². The third-order valence-corrected chi connectivity index (χ3v) is 2.62. The van der Waals surface area contributed by atoms with Gasteiger partial charge >= 0.3 is 0 Å². The van der Waals surface area contributed by atoms with Crippen LogP contribution in [0.15, 0.2) is 18.2 Å². The van der Waals surface area contributed by atoms with E-state index in [4.69, 9.17) is 16.3 Å². The lowest BCUT2D eigenvalue weighted by molar-refractivity contribution is -0.121. The summed E-state index contributed by atoms with van der Waals surface area (Å²) in [5.41, 5.74) is 0.729. The second-order valence-electron chi connectivity index (χ2n) is 3.17. The number of hydrogen-bond donors (Lipinski definition) is 1. The minimum absolute atomic E-state index is 0.0567. The Morgan fingerprint density at radius 1 is 1.53 bits per heavy atom. The quantitative estimate of drug-likeness (QED) is 0.806. The molecule has 1 amide bonds. The molecule has 0 unspecified atom stereocenters. The molecule has 1 aliphatic heterocycles. The summed E-state index contributed by atoms with van der Waals surface area (Å²) in [6, 6.07) is 5.25. The fraction of sp³-hybridized carbons (Fsp3) is 0.300. The maximum absolute atomic E-state index is 11.6. The molecule has 0 atom stereocenters. The molecule has 5 heteroatoms. The van der Waals surface area contributed by atoms with Crippen LogP contribution in [0.1, 0.15) is 0 Å². The van der Waals surface area contributed by atoms with Gasteiger partial charge in [-0.15, -0.1) is 0 Å². The van der Waals surface area contributed by atoms with Gasteiger partial charge < -0.3 is 9.64 Å². The number of fused-ring (bicyclic) bond motifs is 1. The van der Waals surface area contributed by atoms with E-state index in [1.165, 1.54) is 0 Å². The Morgan fingerprint density at radius 2 is 2.33 bits per heavy atom. The minimum atomic E-state index is -0.0567. The molecule has 80 valence electrons. The number of carbonyl (C=O) groups is 1. The van der Waals surface area contributed by atoms with Crippen molar-refractivity contribution in [3.8, 4) is 5.75 Å². The molecule has 0 radical (unpaired) electrons. The molecule has 0 fully saturated rings. The van der Waals surface area contributed by atoms with Crippen LogP contribution < -0.4 is 9.64 Å². The van der Waals surface area contributed by atoms with Crippen LogP contribution in [0, 0.1) is 0 Å². The van der Waals surface area contributed by atoms with E-state index in [9.17, 15) is 4.79 Å². The number of benzene rings is 1. The third kappa shape index (κ3) is 2.06. The van der Waals surface area contributed by atoms with E-state index in [0.29, 0.717) is 23.1 Å². The van der Waals surface area contributed by atoms with Gasteiger partial charge in [0.15, 0.2) is 6.61 Å². The molecule has 3 nitrogen and oxygen atoms in total. The van der Waals surface area contributed by atoms with Crippen LogP contribution >= 0.6 is 24.2 Å². The van der Waals surface area contributed by atoms with Crippen LogP contribution in [0.2, 0.25) is 5.02 Å². The van der Waals surface area contributed by atoms with Crippen LogP contribution in [0.3, 0.4) is 0 Å². The number of halogens is 1. The van der Waals surface area contributed by atoms with Gasteiger partial charge in [-0.2, -0.15) is 12.6 Å².